The molecule has 0 radical (unpaired) electrons. The summed E-state index contributed by atoms with van der Waals surface area (Å²) in [7, 11) is 0. The van der Waals surface area contributed by atoms with Gasteiger partial charge in [0.1, 0.15) is 5.69 Å². The minimum atomic E-state index is -0.727. The monoisotopic (exact) mass is 419 g/mol. The fourth-order valence-electron chi connectivity index (χ4n) is 2.74. The second-order valence-corrected chi connectivity index (χ2v) is 6.66. The molecule has 4 N–H and O–H groups in total. The van der Waals surface area contributed by atoms with E-state index in [9.17, 15) is 24.6 Å². The lowest BCUT2D eigenvalue weighted by atomic mass is 10.1. The number of anilines is 3. The number of benzene rings is 3. The van der Waals surface area contributed by atoms with Gasteiger partial charge in [0.25, 0.3) is 17.5 Å². The number of nitro benzene ring substituents is 1. The van der Waals surface area contributed by atoms with Gasteiger partial charge in [-0.25, -0.2) is 0 Å². The molecule has 0 saturated carbocycles. The van der Waals surface area contributed by atoms with E-state index in [-0.39, 0.29) is 22.8 Å². The van der Waals surface area contributed by atoms with E-state index in [4.69, 9.17) is 5.73 Å². The Labute approximate surface area is 176 Å². The molecule has 0 spiro atoms. The van der Waals surface area contributed by atoms with Crippen LogP contribution in [0, 0.1) is 21.9 Å². The Balaban J connectivity index is 1.76. The van der Waals surface area contributed by atoms with E-state index < -0.39 is 16.5 Å². The predicted octanol–water partition coefficient (Wildman–Crippen LogP) is 4.39. The highest BCUT2D eigenvalue weighted by atomic mass is 16.6. The molecule has 3 aromatic rings. The fraction of sp³-hybridized carbons (Fsp3) is 0.0476. The zero-order chi connectivity index (χ0) is 22.5. The molecule has 3 rings (SSSR count). The molecule has 0 bridgehead atoms. The third kappa shape index (κ3) is 5.07. The highest BCUT2D eigenvalue weighted by Crippen LogP contribution is 2.26. The number of carbonyl (C=O) groups is 2. The van der Waals surface area contributed by atoms with Crippen molar-refractivity contribution in [3.8, 4) is 0 Å². The zero-order valence-electron chi connectivity index (χ0n) is 16.3. The number of amides is 2. The van der Waals surface area contributed by atoms with E-state index in [0.717, 1.165) is 23.8 Å². The van der Waals surface area contributed by atoms with Gasteiger partial charge < -0.3 is 16.4 Å². The number of nitrogens with two attached hydrogens (primary N) is 1. The van der Waals surface area contributed by atoms with Crippen molar-refractivity contribution in [2.24, 2.45) is 5.18 Å². The number of rotatable bonds is 6. The van der Waals surface area contributed by atoms with Crippen molar-refractivity contribution in [2.75, 3.05) is 16.4 Å². The lowest BCUT2D eigenvalue weighted by molar-refractivity contribution is -0.384. The number of non-ortho nitro benzene ring substituents is 1. The number of hydrogen-bond acceptors (Lipinski definition) is 7. The molecule has 0 atom stereocenters. The fourth-order valence-corrected chi connectivity index (χ4v) is 2.74. The second kappa shape index (κ2) is 8.82. The molecule has 10 heteroatoms. The lowest BCUT2D eigenvalue weighted by Gasteiger charge is -2.11. The summed E-state index contributed by atoms with van der Waals surface area (Å²) in [5, 5.41) is 18.9. The van der Waals surface area contributed by atoms with Crippen molar-refractivity contribution < 1.29 is 14.5 Å². The predicted molar refractivity (Wildman–Crippen MR) is 116 cm³/mol. The molecule has 156 valence electrons. The number of nitroso groups, excluding NO2 is 1. The van der Waals surface area contributed by atoms with Gasteiger partial charge in [-0.1, -0.05) is 17.7 Å². The number of nitro groups is 1. The quantitative estimate of drug-likeness (QED) is 0.233. The number of carbonyl (C=O) groups excluding carboxylic acids is 2. The Hall–Kier alpha value is -4.60. The van der Waals surface area contributed by atoms with Crippen LogP contribution in [0.5, 0.6) is 0 Å². The van der Waals surface area contributed by atoms with Crippen LogP contribution in [0.2, 0.25) is 0 Å². The second-order valence-electron chi connectivity index (χ2n) is 6.66. The Morgan fingerprint density at radius 3 is 2.23 bits per heavy atom. The van der Waals surface area contributed by atoms with Gasteiger partial charge in [0.05, 0.1) is 16.3 Å². The molecule has 0 aliphatic carbocycles. The van der Waals surface area contributed by atoms with Gasteiger partial charge in [-0.15, -0.1) is 4.91 Å². The standard InChI is InChI=1S/C21H17N5O5/c1-12-2-4-13(5-3-12)20(27)24-19-7-6-15(11-18(19)22)23-21(28)14-8-16(25-29)10-17(9-14)26(30)31/h2-11H,22H2,1H3,(H,23,28)(H,24,27). The topological polar surface area (TPSA) is 157 Å². The van der Waals surface area contributed by atoms with E-state index in [1.807, 2.05) is 19.1 Å². The van der Waals surface area contributed by atoms with E-state index in [0.29, 0.717) is 16.9 Å². The van der Waals surface area contributed by atoms with Crippen molar-refractivity contribution in [3.63, 3.8) is 0 Å². The van der Waals surface area contributed by atoms with Gasteiger partial charge in [-0.05, 0) is 48.5 Å². The lowest BCUT2D eigenvalue weighted by Crippen LogP contribution is -2.15. The zero-order valence-corrected chi connectivity index (χ0v) is 16.3. The Kier molecular flexibility index (Phi) is 6.01. The molecule has 0 aromatic heterocycles. The van der Waals surface area contributed by atoms with Crippen molar-refractivity contribution in [2.45, 2.75) is 6.92 Å². The first kappa shape index (κ1) is 21.1. The molecule has 31 heavy (non-hydrogen) atoms. The summed E-state index contributed by atoms with van der Waals surface area (Å²) in [6.07, 6.45) is 0. The number of nitrogens with zero attached hydrogens (tertiary/aromatic N) is 2. The van der Waals surface area contributed by atoms with Crippen molar-refractivity contribution >= 4 is 40.3 Å². The first-order valence-corrected chi connectivity index (χ1v) is 8.98. The van der Waals surface area contributed by atoms with E-state index in [2.05, 4.69) is 15.8 Å². The first-order chi connectivity index (χ1) is 14.8. The summed E-state index contributed by atoms with van der Waals surface area (Å²) in [6, 6.07) is 14.6. The number of aryl methyl sites for hydroxylation is 1. The Bertz CT molecular complexity index is 1190. The summed E-state index contributed by atoms with van der Waals surface area (Å²) < 4.78 is 0. The maximum atomic E-state index is 12.5. The molecule has 0 heterocycles. The Morgan fingerprint density at radius 2 is 1.61 bits per heavy atom. The molecule has 0 aliphatic rings. The maximum absolute atomic E-state index is 12.5. The Morgan fingerprint density at radius 1 is 0.935 bits per heavy atom. The highest BCUT2D eigenvalue weighted by Gasteiger charge is 2.16. The van der Waals surface area contributed by atoms with Crippen LogP contribution < -0.4 is 16.4 Å². The highest BCUT2D eigenvalue weighted by molar-refractivity contribution is 6.07. The third-order valence-electron chi connectivity index (χ3n) is 4.35. The molecule has 0 fully saturated rings. The van der Waals surface area contributed by atoms with Gasteiger partial charge >= 0.3 is 0 Å². The molecule has 10 nitrogen and oxygen atoms in total. The molecule has 3 aromatic carbocycles. The number of hydrogen-bond donors (Lipinski definition) is 3. The summed E-state index contributed by atoms with van der Waals surface area (Å²) in [4.78, 5) is 45.8. The number of nitrogens with one attached hydrogen (secondary N) is 2. The number of nitrogen functional groups attached to an aromatic ring is 1. The van der Waals surface area contributed by atoms with E-state index in [1.54, 1.807) is 12.1 Å². The maximum Gasteiger partial charge on any atom is 0.272 e. The van der Waals surface area contributed by atoms with Crippen LogP contribution in [0.25, 0.3) is 0 Å². The van der Waals surface area contributed by atoms with E-state index in [1.165, 1.54) is 18.2 Å². The molecular weight excluding hydrogens is 402 g/mol. The van der Waals surface area contributed by atoms with Crippen molar-refractivity contribution in [1.29, 1.82) is 0 Å². The van der Waals surface area contributed by atoms with Crippen molar-refractivity contribution in [1.82, 2.24) is 0 Å². The third-order valence-corrected chi connectivity index (χ3v) is 4.35. The first-order valence-electron chi connectivity index (χ1n) is 8.98. The van der Waals surface area contributed by atoms with Crippen LogP contribution in [0.1, 0.15) is 26.3 Å². The van der Waals surface area contributed by atoms with Gasteiger partial charge in [-0.2, -0.15) is 0 Å². The normalized spacial score (nSPS) is 10.2. The summed E-state index contributed by atoms with van der Waals surface area (Å²) in [5.74, 6) is -1.03. The summed E-state index contributed by atoms with van der Waals surface area (Å²) in [5.41, 5.74) is 7.53. The van der Waals surface area contributed by atoms with Gasteiger partial charge in [0, 0.05) is 28.9 Å². The van der Waals surface area contributed by atoms with Gasteiger partial charge in [0.15, 0.2) is 0 Å². The minimum Gasteiger partial charge on any atom is -0.397 e. The van der Waals surface area contributed by atoms with E-state index >= 15 is 0 Å². The summed E-state index contributed by atoms with van der Waals surface area (Å²) in [6.45, 7) is 1.91. The molecule has 0 aliphatic heterocycles. The molecular formula is C21H17N5O5. The van der Waals surface area contributed by atoms with Crippen LogP contribution in [0.3, 0.4) is 0 Å². The molecule has 0 saturated heterocycles. The largest absolute Gasteiger partial charge is 0.397 e. The average molecular weight is 419 g/mol. The van der Waals surface area contributed by atoms with Crippen LogP contribution in [0.15, 0.2) is 65.8 Å². The van der Waals surface area contributed by atoms with Crippen molar-refractivity contribution in [3.05, 3.63) is 92.4 Å². The molecule has 2 amide bonds. The summed E-state index contributed by atoms with van der Waals surface area (Å²) >= 11 is 0. The van der Waals surface area contributed by atoms with Crippen LogP contribution in [-0.2, 0) is 0 Å². The average Bonchev–Trinajstić information content (AvgIpc) is 2.75. The SMILES string of the molecule is Cc1ccc(C(=O)Nc2ccc(NC(=O)c3cc(N=O)cc([N+](=O)[O-])c3)cc2N)cc1. The van der Waals surface area contributed by atoms with Crippen LogP contribution in [0.4, 0.5) is 28.4 Å². The minimum absolute atomic E-state index is 0.112. The van der Waals surface area contributed by atoms with Crippen LogP contribution in [-0.4, -0.2) is 16.7 Å². The van der Waals surface area contributed by atoms with Gasteiger partial charge in [-0.3, -0.25) is 19.7 Å². The van der Waals surface area contributed by atoms with Crippen LogP contribution >= 0.6 is 0 Å². The van der Waals surface area contributed by atoms with Gasteiger partial charge in [0.2, 0.25) is 0 Å². The molecule has 0 unspecified atom stereocenters. The smallest absolute Gasteiger partial charge is 0.272 e.